The van der Waals surface area contributed by atoms with E-state index in [1.54, 1.807) is 6.92 Å². The summed E-state index contributed by atoms with van der Waals surface area (Å²) in [4.78, 5) is 51.4. The molecule has 1 amide bonds. The fourth-order valence-electron chi connectivity index (χ4n) is 1.27. The van der Waals surface area contributed by atoms with Crippen LogP contribution in [0.5, 0.6) is 0 Å². The predicted molar refractivity (Wildman–Crippen MR) is 84.0 cm³/mol. The minimum Gasteiger partial charge on any atom is -0.464 e. The van der Waals surface area contributed by atoms with Gasteiger partial charge in [-0.2, -0.15) is 0 Å². The number of rotatable bonds is 13. The molecule has 0 aromatic heterocycles. The van der Waals surface area contributed by atoms with E-state index in [2.05, 4.69) is 15.0 Å². The van der Waals surface area contributed by atoms with Crippen molar-refractivity contribution in [3.8, 4) is 0 Å². The molecule has 2 unspecified atom stereocenters. The number of hydrogen-bond acceptors (Lipinski definition) is 11. The maximum absolute atomic E-state index is 11.7. The van der Waals surface area contributed by atoms with Crippen molar-refractivity contribution in [1.29, 1.82) is 0 Å². The first kappa shape index (κ1) is 22.0. The minimum absolute atomic E-state index is 0.00486. The first-order valence-corrected chi connectivity index (χ1v) is 9.01. The Kier molecular flexibility index (Phi) is 11.4. The zero-order valence-corrected chi connectivity index (χ0v) is 14.5. The molecule has 14 heteroatoms. The summed E-state index contributed by atoms with van der Waals surface area (Å²) < 4.78 is 4.82. The van der Waals surface area contributed by atoms with Gasteiger partial charge in [0.25, 0.3) is 10.2 Å². The van der Waals surface area contributed by atoms with Crippen LogP contribution in [0.25, 0.3) is 0 Å². The van der Waals surface area contributed by atoms with Gasteiger partial charge in [0.15, 0.2) is 0 Å². The van der Waals surface area contributed by atoms with E-state index in [1.165, 1.54) is 6.92 Å². The molecule has 1 N–H and O–H groups in total. The fraction of sp³-hybridized carbons (Fsp3) is 0.800. The Morgan fingerprint density at radius 3 is 2.29 bits per heavy atom. The Balaban J connectivity index is 4.33. The van der Waals surface area contributed by atoms with Crippen molar-refractivity contribution in [2.24, 2.45) is 0 Å². The largest absolute Gasteiger partial charge is 0.464 e. The molecule has 2 atom stereocenters. The smallest absolute Gasteiger partial charge is 0.329 e. The third-order valence-electron chi connectivity index (χ3n) is 2.12. The molecular weight excluding hydrogens is 370 g/mol. The average Bonchev–Trinajstić information content (AvgIpc) is 2.46. The van der Waals surface area contributed by atoms with E-state index in [1.807, 2.05) is 0 Å². The zero-order chi connectivity index (χ0) is 18.5. The van der Waals surface area contributed by atoms with Gasteiger partial charge in [-0.3, -0.25) is 4.79 Å². The molecule has 0 spiro atoms. The molecule has 12 nitrogen and oxygen atoms in total. The highest BCUT2D eigenvalue weighted by molar-refractivity contribution is 8.76. The van der Waals surface area contributed by atoms with Gasteiger partial charge in [-0.25, -0.2) is 4.79 Å². The van der Waals surface area contributed by atoms with Crippen molar-refractivity contribution in [2.45, 2.75) is 26.0 Å². The first-order chi connectivity index (χ1) is 11.3. The van der Waals surface area contributed by atoms with Gasteiger partial charge in [0, 0.05) is 18.4 Å². The maximum Gasteiger partial charge on any atom is 0.329 e. The van der Waals surface area contributed by atoms with Crippen LogP contribution in [-0.4, -0.2) is 58.9 Å². The number of ether oxygens (including phenoxy) is 1. The van der Waals surface area contributed by atoms with Crippen molar-refractivity contribution in [3.63, 3.8) is 0 Å². The monoisotopic (exact) mass is 387 g/mol. The third kappa shape index (κ3) is 11.6. The summed E-state index contributed by atoms with van der Waals surface area (Å²) in [6.45, 7) is 2.43. The molecule has 138 valence electrons. The van der Waals surface area contributed by atoms with Gasteiger partial charge in [-0.05, 0) is 6.92 Å². The molecule has 0 rings (SSSR count). The molecule has 0 bridgehead atoms. The van der Waals surface area contributed by atoms with E-state index < -0.39 is 40.8 Å². The molecule has 0 aromatic carbocycles. The van der Waals surface area contributed by atoms with Crippen LogP contribution in [0, 0.1) is 20.2 Å². The summed E-state index contributed by atoms with van der Waals surface area (Å²) >= 11 is 0. The molecule has 0 aliphatic carbocycles. The third-order valence-corrected chi connectivity index (χ3v) is 4.58. The number of amides is 1. The highest BCUT2D eigenvalue weighted by atomic mass is 33.1. The van der Waals surface area contributed by atoms with Crippen LogP contribution >= 0.6 is 21.6 Å². The molecule has 0 radical (unpaired) electrons. The number of carbonyl (C=O) groups excluding carboxylic acids is 2. The molecule has 0 heterocycles. The van der Waals surface area contributed by atoms with E-state index in [0.717, 1.165) is 21.6 Å². The van der Waals surface area contributed by atoms with Gasteiger partial charge in [0.05, 0.1) is 6.61 Å². The Morgan fingerprint density at radius 1 is 1.17 bits per heavy atom. The van der Waals surface area contributed by atoms with Crippen molar-refractivity contribution in [3.05, 3.63) is 20.2 Å². The summed E-state index contributed by atoms with van der Waals surface area (Å²) in [6.07, 6.45) is -1.15. The van der Waals surface area contributed by atoms with Crippen LogP contribution in [0.1, 0.15) is 13.8 Å². The molecule has 0 aliphatic heterocycles. The maximum atomic E-state index is 11.7. The summed E-state index contributed by atoms with van der Waals surface area (Å²) in [5.41, 5.74) is 0. The highest BCUT2D eigenvalue weighted by Crippen LogP contribution is 2.24. The van der Waals surface area contributed by atoms with Gasteiger partial charge in [-0.1, -0.05) is 21.6 Å². The van der Waals surface area contributed by atoms with Gasteiger partial charge >= 0.3 is 5.97 Å². The summed E-state index contributed by atoms with van der Waals surface area (Å²) in [7, 11) is 2.19. The van der Waals surface area contributed by atoms with Crippen LogP contribution in [0.2, 0.25) is 0 Å². The van der Waals surface area contributed by atoms with Crippen molar-refractivity contribution < 1.29 is 34.2 Å². The molecule has 0 aromatic rings. The molecule has 0 aliphatic rings. The van der Waals surface area contributed by atoms with Crippen LogP contribution < -0.4 is 5.32 Å². The zero-order valence-electron chi connectivity index (χ0n) is 12.9. The second-order valence-corrected chi connectivity index (χ2v) is 6.60. The lowest BCUT2D eigenvalue weighted by atomic mass is 10.3. The van der Waals surface area contributed by atoms with E-state index in [4.69, 9.17) is 4.74 Å². The van der Waals surface area contributed by atoms with Crippen LogP contribution in [0.4, 0.5) is 0 Å². The minimum atomic E-state index is -1.15. The Labute approximate surface area is 144 Å². The standard InChI is InChI=1S/C10H17N3O9S2/c1-3-20-10(15)9(11-7(2)14)6-24-23-5-8(22-13(18)19)4-21-12(16)17/h8-9H,3-6H2,1-2H3,(H,11,14). The van der Waals surface area contributed by atoms with Crippen LogP contribution in [0.3, 0.4) is 0 Å². The number of esters is 1. The number of carbonyl (C=O) groups is 2. The van der Waals surface area contributed by atoms with Crippen molar-refractivity contribution in [1.82, 2.24) is 5.32 Å². The first-order valence-electron chi connectivity index (χ1n) is 6.52. The molecular formula is C10H17N3O9S2. The summed E-state index contributed by atoms with van der Waals surface area (Å²) in [5.74, 6) is -0.873. The van der Waals surface area contributed by atoms with Gasteiger partial charge < -0.3 is 19.7 Å². The molecule has 0 fully saturated rings. The van der Waals surface area contributed by atoms with E-state index >= 15 is 0 Å². The number of nitrogens with one attached hydrogen (secondary N) is 1. The molecule has 0 saturated carbocycles. The van der Waals surface area contributed by atoms with Crippen molar-refractivity contribution in [2.75, 3.05) is 24.7 Å². The SMILES string of the molecule is CCOC(=O)C(CSSCC(CO[N+](=O)[O-])O[N+](=O)[O-])NC(C)=O. The van der Waals surface area contributed by atoms with Crippen LogP contribution in [0.15, 0.2) is 0 Å². The average molecular weight is 387 g/mol. The normalized spacial score (nSPS) is 12.6. The lowest BCUT2D eigenvalue weighted by Crippen LogP contribution is -2.42. The lowest BCUT2D eigenvalue weighted by Gasteiger charge is -2.16. The topological polar surface area (TPSA) is 160 Å². The Hall–Kier alpha value is -1.96. The Morgan fingerprint density at radius 2 is 1.79 bits per heavy atom. The second-order valence-electron chi connectivity index (χ2n) is 4.04. The van der Waals surface area contributed by atoms with E-state index in [9.17, 15) is 29.8 Å². The summed E-state index contributed by atoms with van der Waals surface area (Å²) in [5, 5.41) is 20.7. The predicted octanol–water partition coefficient (Wildman–Crippen LogP) is 0.221. The van der Waals surface area contributed by atoms with Gasteiger partial charge in [0.2, 0.25) is 5.91 Å². The summed E-state index contributed by atoms with van der Waals surface area (Å²) in [6, 6.07) is -0.871. The van der Waals surface area contributed by atoms with Gasteiger partial charge in [0.1, 0.15) is 18.8 Å². The van der Waals surface area contributed by atoms with Crippen molar-refractivity contribution >= 4 is 33.5 Å². The molecule has 24 heavy (non-hydrogen) atoms. The van der Waals surface area contributed by atoms with E-state index in [-0.39, 0.29) is 18.1 Å². The van der Waals surface area contributed by atoms with Crippen LogP contribution in [-0.2, 0) is 24.0 Å². The second kappa shape index (κ2) is 12.5. The number of nitrogens with zero attached hydrogens (tertiary/aromatic N) is 2. The fourth-order valence-corrected chi connectivity index (χ4v) is 3.57. The van der Waals surface area contributed by atoms with E-state index in [0.29, 0.717) is 0 Å². The Bertz CT molecular complexity index is 451. The van der Waals surface area contributed by atoms with Gasteiger partial charge in [-0.15, -0.1) is 20.2 Å². The lowest BCUT2D eigenvalue weighted by molar-refractivity contribution is -0.788. The molecule has 0 saturated heterocycles. The quantitative estimate of drug-likeness (QED) is 0.151. The number of hydrogen-bond donors (Lipinski definition) is 1. The highest BCUT2D eigenvalue weighted by Gasteiger charge is 2.22.